The summed E-state index contributed by atoms with van der Waals surface area (Å²) in [5, 5.41) is 16.5. The van der Waals surface area contributed by atoms with Crippen molar-refractivity contribution in [1.29, 1.82) is 0 Å². The number of hydrogen-bond acceptors (Lipinski definition) is 2. The summed E-state index contributed by atoms with van der Waals surface area (Å²) in [6.45, 7) is 8.89. The molecule has 0 aliphatic heterocycles. The molecule has 0 unspecified atom stereocenters. The standard InChI is InChI=1S/C10H10.C6H10O3/c1-3-9-7-5-6-8-10(9)4-2;1-5(6(8)9)3-2-4-7/h3-8H,1-2H2;3,7H,2,4H2,1H3,(H,8,9). The van der Waals surface area contributed by atoms with Gasteiger partial charge in [0.25, 0.3) is 0 Å². The molecule has 0 spiro atoms. The Morgan fingerprint density at radius 1 is 1.21 bits per heavy atom. The first-order valence-corrected chi connectivity index (χ1v) is 5.91. The summed E-state index contributed by atoms with van der Waals surface area (Å²) >= 11 is 0. The van der Waals surface area contributed by atoms with Gasteiger partial charge in [0.15, 0.2) is 0 Å². The number of aliphatic hydroxyl groups excluding tert-OH is 1. The highest BCUT2D eigenvalue weighted by atomic mass is 16.4. The molecule has 0 saturated carbocycles. The average Bonchev–Trinajstić information content (AvgIpc) is 2.45. The molecule has 1 rings (SSSR count). The van der Waals surface area contributed by atoms with Crippen molar-refractivity contribution in [1.82, 2.24) is 0 Å². The van der Waals surface area contributed by atoms with E-state index in [4.69, 9.17) is 10.2 Å². The van der Waals surface area contributed by atoms with Crippen LogP contribution in [0.25, 0.3) is 12.2 Å². The van der Waals surface area contributed by atoms with Crippen molar-refractivity contribution in [2.24, 2.45) is 0 Å². The van der Waals surface area contributed by atoms with Gasteiger partial charge in [0.05, 0.1) is 0 Å². The van der Waals surface area contributed by atoms with Crippen LogP contribution in [0.1, 0.15) is 24.5 Å². The number of carbonyl (C=O) groups is 1. The molecule has 19 heavy (non-hydrogen) atoms. The van der Waals surface area contributed by atoms with E-state index in [2.05, 4.69) is 13.2 Å². The third kappa shape index (κ3) is 7.01. The lowest BCUT2D eigenvalue weighted by Crippen LogP contribution is -1.95. The first kappa shape index (κ1) is 16.9. The maximum absolute atomic E-state index is 10.1. The van der Waals surface area contributed by atoms with Crippen LogP contribution in [0.15, 0.2) is 49.1 Å². The van der Waals surface area contributed by atoms with Crippen molar-refractivity contribution < 1.29 is 15.0 Å². The number of hydrogen-bond donors (Lipinski definition) is 2. The highest BCUT2D eigenvalue weighted by Gasteiger charge is 1.96. The van der Waals surface area contributed by atoms with Crippen molar-refractivity contribution in [3.8, 4) is 0 Å². The molecule has 0 aliphatic rings. The summed E-state index contributed by atoms with van der Waals surface area (Å²) in [6.07, 6.45) is 5.56. The summed E-state index contributed by atoms with van der Waals surface area (Å²) in [7, 11) is 0. The number of aliphatic hydroxyl groups is 1. The molecule has 3 heteroatoms. The number of benzene rings is 1. The minimum atomic E-state index is -0.927. The summed E-state index contributed by atoms with van der Waals surface area (Å²) in [5.41, 5.74) is 2.55. The quantitative estimate of drug-likeness (QED) is 0.798. The zero-order chi connectivity index (χ0) is 14.7. The highest BCUT2D eigenvalue weighted by molar-refractivity contribution is 5.85. The van der Waals surface area contributed by atoms with Crippen LogP contribution < -0.4 is 0 Å². The van der Waals surface area contributed by atoms with Gasteiger partial charge in [-0.2, -0.15) is 0 Å². The Kier molecular flexibility index (Phi) is 8.75. The first-order chi connectivity index (χ1) is 9.06. The van der Waals surface area contributed by atoms with Crippen molar-refractivity contribution in [2.75, 3.05) is 6.61 Å². The van der Waals surface area contributed by atoms with Crippen LogP contribution in [-0.4, -0.2) is 22.8 Å². The van der Waals surface area contributed by atoms with E-state index in [0.29, 0.717) is 6.42 Å². The zero-order valence-corrected chi connectivity index (χ0v) is 11.2. The Hall–Kier alpha value is -2.13. The molecule has 1 aromatic rings. The molecule has 0 heterocycles. The van der Waals surface area contributed by atoms with E-state index in [-0.39, 0.29) is 12.2 Å². The van der Waals surface area contributed by atoms with Crippen molar-refractivity contribution in [3.63, 3.8) is 0 Å². The SMILES string of the molecule is C=Cc1ccccc1C=C.CC(=CCCO)C(=O)O. The third-order valence-corrected chi connectivity index (χ3v) is 2.35. The summed E-state index contributed by atoms with van der Waals surface area (Å²) in [6, 6.07) is 8.02. The van der Waals surface area contributed by atoms with Gasteiger partial charge in [0.1, 0.15) is 0 Å². The molecular weight excluding hydrogens is 240 g/mol. The minimum Gasteiger partial charge on any atom is -0.478 e. The van der Waals surface area contributed by atoms with Crippen molar-refractivity contribution in [2.45, 2.75) is 13.3 Å². The van der Waals surface area contributed by atoms with E-state index in [1.165, 1.54) is 13.0 Å². The van der Waals surface area contributed by atoms with Gasteiger partial charge in [-0.05, 0) is 24.5 Å². The molecule has 102 valence electrons. The largest absolute Gasteiger partial charge is 0.478 e. The Labute approximate surface area is 114 Å². The zero-order valence-electron chi connectivity index (χ0n) is 11.2. The van der Waals surface area contributed by atoms with Crippen LogP contribution >= 0.6 is 0 Å². The number of carboxylic acid groups (broad SMARTS) is 1. The van der Waals surface area contributed by atoms with Gasteiger partial charge >= 0.3 is 5.97 Å². The Morgan fingerprint density at radius 2 is 1.68 bits per heavy atom. The number of carboxylic acids is 1. The van der Waals surface area contributed by atoms with E-state index < -0.39 is 5.97 Å². The molecule has 0 saturated heterocycles. The molecular formula is C16H20O3. The molecule has 2 N–H and O–H groups in total. The second kappa shape index (κ2) is 9.85. The first-order valence-electron chi connectivity index (χ1n) is 5.91. The maximum Gasteiger partial charge on any atom is 0.330 e. The Balaban J connectivity index is 0.000000344. The topological polar surface area (TPSA) is 57.5 Å². The van der Waals surface area contributed by atoms with E-state index in [9.17, 15) is 4.79 Å². The second-order valence-electron chi connectivity index (χ2n) is 3.74. The molecule has 0 radical (unpaired) electrons. The van der Waals surface area contributed by atoms with Crippen LogP contribution in [0.3, 0.4) is 0 Å². The molecule has 0 fully saturated rings. The smallest absolute Gasteiger partial charge is 0.330 e. The predicted molar refractivity (Wildman–Crippen MR) is 79.7 cm³/mol. The lowest BCUT2D eigenvalue weighted by Gasteiger charge is -1.96. The molecule has 0 aliphatic carbocycles. The molecule has 0 bridgehead atoms. The molecule has 0 aromatic heterocycles. The van der Waals surface area contributed by atoms with E-state index in [1.807, 2.05) is 36.4 Å². The van der Waals surface area contributed by atoms with Gasteiger partial charge in [0.2, 0.25) is 0 Å². The van der Waals surface area contributed by atoms with Crippen LogP contribution in [0.5, 0.6) is 0 Å². The fraction of sp³-hybridized carbons (Fsp3) is 0.188. The monoisotopic (exact) mass is 260 g/mol. The minimum absolute atomic E-state index is 0.00458. The van der Waals surface area contributed by atoms with Crippen LogP contribution in [-0.2, 0) is 4.79 Å². The van der Waals surface area contributed by atoms with Gasteiger partial charge in [-0.1, -0.05) is 55.7 Å². The Bertz CT molecular complexity index is 432. The normalized spacial score (nSPS) is 10.1. The maximum atomic E-state index is 10.1. The molecule has 1 aromatic carbocycles. The molecule has 0 amide bonds. The van der Waals surface area contributed by atoms with Gasteiger partial charge in [-0.3, -0.25) is 0 Å². The number of rotatable bonds is 5. The van der Waals surface area contributed by atoms with Gasteiger partial charge in [-0.15, -0.1) is 0 Å². The van der Waals surface area contributed by atoms with E-state index in [1.54, 1.807) is 0 Å². The summed E-state index contributed by atoms with van der Waals surface area (Å²) in [5.74, 6) is -0.927. The number of aliphatic carboxylic acids is 1. The average molecular weight is 260 g/mol. The highest BCUT2D eigenvalue weighted by Crippen LogP contribution is 2.10. The van der Waals surface area contributed by atoms with E-state index >= 15 is 0 Å². The lowest BCUT2D eigenvalue weighted by atomic mass is 10.1. The van der Waals surface area contributed by atoms with Gasteiger partial charge < -0.3 is 10.2 Å². The second-order valence-corrected chi connectivity index (χ2v) is 3.74. The fourth-order valence-corrected chi connectivity index (χ4v) is 1.25. The van der Waals surface area contributed by atoms with Crippen molar-refractivity contribution >= 4 is 18.1 Å². The van der Waals surface area contributed by atoms with Crippen LogP contribution in [0, 0.1) is 0 Å². The fourth-order valence-electron chi connectivity index (χ4n) is 1.25. The van der Waals surface area contributed by atoms with Gasteiger partial charge in [0, 0.05) is 12.2 Å². The lowest BCUT2D eigenvalue weighted by molar-refractivity contribution is -0.132. The molecule has 3 nitrogen and oxygen atoms in total. The van der Waals surface area contributed by atoms with Crippen LogP contribution in [0.4, 0.5) is 0 Å². The third-order valence-electron chi connectivity index (χ3n) is 2.35. The molecule has 0 atom stereocenters. The van der Waals surface area contributed by atoms with Gasteiger partial charge in [-0.25, -0.2) is 4.79 Å². The van der Waals surface area contributed by atoms with E-state index in [0.717, 1.165) is 11.1 Å². The van der Waals surface area contributed by atoms with Crippen LogP contribution in [0.2, 0.25) is 0 Å². The Morgan fingerprint density at radius 3 is 2.00 bits per heavy atom. The predicted octanol–water partition coefficient (Wildman–Crippen LogP) is 3.37. The summed E-state index contributed by atoms with van der Waals surface area (Å²) < 4.78 is 0. The summed E-state index contributed by atoms with van der Waals surface area (Å²) in [4.78, 5) is 10.1. The van der Waals surface area contributed by atoms with Crippen molar-refractivity contribution in [3.05, 3.63) is 60.2 Å².